The molecule has 4 aromatic rings. The third-order valence-electron chi connectivity index (χ3n) is 5.85. The van der Waals surface area contributed by atoms with E-state index in [0.29, 0.717) is 22.3 Å². The summed E-state index contributed by atoms with van der Waals surface area (Å²) in [5, 5.41) is 0. The van der Waals surface area contributed by atoms with Crippen molar-refractivity contribution in [2.75, 3.05) is 19.8 Å². The van der Waals surface area contributed by atoms with Gasteiger partial charge in [-0.05, 0) is 42.0 Å². The molecule has 0 unspecified atom stereocenters. The van der Waals surface area contributed by atoms with E-state index in [9.17, 15) is 14.4 Å². The van der Waals surface area contributed by atoms with Gasteiger partial charge in [-0.1, -0.05) is 84.9 Å². The fourth-order valence-corrected chi connectivity index (χ4v) is 3.75. The maximum Gasteiger partial charge on any atom is 0.338 e. The predicted molar refractivity (Wildman–Crippen MR) is 138 cm³/mol. The van der Waals surface area contributed by atoms with Gasteiger partial charge in [0.05, 0.1) is 22.1 Å². The normalized spacial score (nSPS) is 10.8. The molecular formula is C31H26O6. The van der Waals surface area contributed by atoms with Crippen LogP contribution >= 0.6 is 0 Å². The largest absolute Gasteiger partial charge is 0.461 e. The van der Waals surface area contributed by atoms with Gasteiger partial charge in [0.25, 0.3) is 0 Å². The van der Waals surface area contributed by atoms with Crippen LogP contribution in [0.5, 0.6) is 0 Å². The standard InChI is InChI=1S/C31H26O6/c32-28(24-13-5-1-6-14-24)35-21-31(27-19-11-4-12-20-27,22-36-29(33)25-15-7-2-8-16-25)23-37-30(34)26-17-9-3-10-18-26/h1-20H,21-23H2. The Bertz CT molecular complexity index is 1170. The van der Waals surface area contributed by atoms with Crippen LogP contribution in [0.3, 0.4) is 0 Å². The zero-order valence-corrected chi connectivity index (χ0v) is 20.1. The van der Waals surface area contributed by atoms with E-state index in [1.54, 1.807) is 91.0 Å². The molecule has 186 valence electrons. The number of esters is 3. The summed E-state index contributed by atoms with van der Waals surface area (Å²) < 4.78 is 17.1. The Balaban J connectivity index is 1.62. The van der Waals surface area contributed by atoms with E-state index in [2.05, 4.69) is 0 Å². The second kappa shape index (κ2) is 12.3. The van der Waals surface area contributed by atoms with Gasteiger partial charge in [0.15, 0.2) is 0 Å². The minimum Gasteiger partial charge on any atom is -0.461 e. The highest BCUT2D eigenvalue weighted by Crippen LogP contribution is 2.28. The lowest BCUT2D eigenvalue weighted by molar-refractivity contribution is -0.00649. The fraction of sp³-hybridized carbons (Fsp3) is 0.129. The fourth-order valence-electron chi connectivity index (χ4n) is 3.75. The molecule has 0 spiro atoms. The van der Waals surface area contributed by atoms with E-state index in [0.717, 1.165) is 0 Å². The molecule has 0 amide bonds. The summed E-state index contributed by atoms with van der Waals surface area (Å²) in [5.74, 6) is -1.61. The first kappa shape index (κ1) is 25.4. The lowest BCUT2D eigenvalue weighted by Crippen LogP contribution is -2.43. The van der Waals surface area contributed by atoms with E-state index in [4.69, 9.17) is 14.2 Å². The van der Waals surface area contributed by atoms with Crippen LogP contribution in [0, 0.1) is 0 Å². The van der Waals surface area contributed by atoms with Gasteiger partial charge in [-0.15, -0.1) is 0 Å². The number of ether oxygens (including phenoxy) is 3. The van der Waals surface area contributed by atoms with Crippen molar-refractivity contribution in [1.82, 2.24) is 0 Å². The summed E-state index contributed by atoms with van der Waals surface area (Å²) >= 11 is 0. The molecule has 0 atom stereocenters. The zero-order valence-electron chi connectivity index (χ0n) is 20.1. The minimum atomic E-state index is -1.15. The smallest absolute Gasteiger partial charge is 0.338 e. The highest BCUT2D eigenvalue weighted by Gasteiger charge is 2.38. The summed E-state index contributed by atoms with van der Waals surface area (Å²) in [6, 6.07) is 34.9. The first-order valence-electron chi connectivity index (χ1n) is 11.8. The number of carbonyl (C=O) groups excluding carboxylic acids is 3. The van der Waals surface area contributed by atoms with Crippen LogP contribution in [-0.4, -0.2) is 37.7 Å². The molecule has 6 nitrogen and oxygen atoms in total. The molecule has 0 N–H and O–H groups in total. The van der Waals surface area contributed by atoms with E-state index < -0.39 is 23.3 Å². The van der Waals surface area contributed by atoms with Crippen LogP contribution in [0.15, 0.2) is 121 Å². The van der Waals surface area contributed by atoms with Gasteiger partial charge in [0, 0.05) is 0 Å². The number of rotatable bonds is 10. The predicted octanol–water partition coefficient (Wildman–Crippen LogP) is 5.50. The Hall–Kier alpha value is -4.71. The molecule has 0 aliphatic carbocycles. The number of benzene rings is 4. The van der Waals surface area contributed by atoms with E-state index in [-0.39, 0.29) is 19.8 Å². The average molecular weight is 495 g/mol. The first-order valence-corrected chi connectivity index (χ1v) is 11.8. The molecule has 0 fully saturated rings. The van der Waals surface area contributed by atoms with Crippen molar-refractivity contribution in [3.05, 3.63) is 144 Å². The van der Waals surface area contributed by atoms with Crippen LogP contribution in [0.25, 0.3) is 0 Å². The topological polar surface area (TPSA) is 78.9 Å². The van der Waals surface area contributed by atoms with Crippen molar-refractivity contribution >= 4 is 17.9 Å². The van der Waals surface area contributed by atoms with Crippen LogP contribution in [0.1, 0.15) is 36.6 Å². The number of carbonyl (C=O) groups is 3. The highest BCUT2D eigenvalue weighted by molar-refractivity contribution is 5.90. The minimum absolute atomic E-state index is 0.186. The van der Waals surface area contributed by atoms with Gasteiger partial charge in [-0.25, -0.2) is 14.4 Å². The van der Waals surface area contributed by atoms with Crippen LogP contribution in [-0.2, 0) is 19.6 Å². The molecule has 0 aliphatic heterocycles. The maximum absolute atomic E-state index is 12.8. The molecule has 0 heterocycles. The Morgan fingerprint density at radius 3 is 1.00 bits per heavy atom. The third kappa shape index (κ3) is 6.70. The van der Waals surface area contributed by atoms with Crippen molar-refractivity contribution in [2.45, 2.75) is 5.41 Å². The second-order valence-corrected chi connectivity index (χ2v) is 8.47. The Morgan fingerprint density at radius 2 is 0.703 bits per heavy atom. The Labute approximate surface area is 215 Å². The molecule has 0 bridgehead atoms. The molecule has 0 saturated heterocycles. The van der Waals surface area contributed by atoms with Gasteiger partial charge < -0.3 is 14.2 Å². The van der Waals surface area contributed by atoms with Gasteiger partial charge in [0.1, 0.15) is 19.8 Å². The number of hydrogen-bond donors (Lipinski definition) is 0. The van der Waals surface area contributed by atoms with Crippen molar-refractivity contribution < 1.29 is 28.6 Å². The average Bonchev–Trinajstić information content (AvgIpc) is 2.98. The number of hydrogen-bond acceptors (Lipinski definition) is 6. The first-order chi connectivity index (χ1) is 18.1. The third-order valence-corrected chi connectivity index (χ3v) is 5.85. The molecule has 6 heteroatoms. The van der Waals surface area contributed by atoms with Crippen molar-refractivity contribution in [1.29, 1.82) is 0 Å². The van der Waals surface area contributed by atoms with E-state index >= 15 is 0 Å². The molecule has 0 aliphatic rings. The molecule has 0 radical (unpaired) electrons. The Kier molecular flexibility index (Phi) is 8.45. The molecular weight excluding hydrogens is 468 g/mol. The lowest BCUT2D eigenvalue weighted by atomic mass is 9.82. The SMILES string of the molecule is O=C(OCC(COC(=O)c1ccccc1)(COC(=O)c1ccccc1)c1ccccc1)c1ccccc1. The van der Waals surface area contributed by atoms with E-state index in [1.165, 1.54) is 0 Å². The van der Waals surface area contributed by atoms with Gasteiger partial charge in [0.2, 0.25) is 0 Å². The molecule has 4 aromatic carbocycles. The van der Waals surface area contributed by atoms with Crippen molar-refractivity contribution in [3.63, 3.8) is 0 Å². The summed E-state index contributed by atoms with van der Waals surface area (Å²) in [6.45, 7) is -0.557. The van der Waals surface area contributed by atoms with Crippen LogP contribution in [0.2, 0.25) is 0 Å². The van der Waals surface area contributed by atoms with Crippen LogP contribution in [0.4, 0.5) is 0 Å². The maximum atomic E-state index is 12.8. The van der Waals surface area contributed by atoms with Crippen molar-refractivity contribution in [2.24, 2.45) is 0 Å². The van der Waals surface area contributed by atoms with Crippen LogP contribution < -0.4 is 0 Å². The van der Waals surface area contributed by atoms with Gasteiger partial charge in [-0.3, -0.25) is 0 Å². The van der Waals surface area contributed by atoms with Crippen molar-refractivity contribution in [3.8, 4) is 0 Å². The molecule has 37 heavy (non-hydrogen) atoms. The van der Waals surface area contributed by atoms with E-state index in [1.807, 2.05) is 30.3 Å². The molecule has 0 aromatic heterocycles. The highest BCUT2D eigenvalue weighted by atomic mass is 16.6. The summed E-state index contributed by atoms with van der Waals surface area (Å²) in [6.07, 6.45) is 0. The quantitative estimate of drug-likeness (QED) is 0.214. The second-order valence-electron chi connectivity index (χ2n) is 8.47. The molecule has 0 saturated carbocycles. The molecule has 4 rings (SSSR count). The zero-order chi connectivity index (χ0) is 25.9. The lowest BCUT2D eigenvalue weighted by Gasteiger charge is -2.32. The summed E-state index contributed by atoms with van der Waals surface area (Å²) in [7, 11) is 0. The Morgan fingerprint density at radius 1 is 0.432 bits per heavy atom. The summed E-state index contributed by atoms with van der Waals surface area (Å²) in [5.41, 5.74) is 0.685. The van der Waals surface area contributed by atoms with Gasteiger partial charge in [-0.2, -0.15) is 0 Å². The van der Waals surface area contributed by atoms with Gasteiger partial charge >= 0.3 is 17.9 Å². The monoisotopic (exact) mass is 494 g/mol. The summed E-state index contributed by atoms with van der Waals surface area (Å²) in [4.78, 5) is 38.4.